The Balaban J connectivity index is 1.39. The van der Waals surface area contributed by atoms with Gasteiger partial charge in [0, 0.05) is 45.7 Å². The number of piperazine rings is 1. The molecule has 26 heavy (non-hydrogen) atoms. The maximum Gasteiger partial charge on any atom is 0.225 e. The largest absolute Gasteiger partial charge is 0.325 e. The number of hydrogen-bond acceptors (Lipinski definition) is 3. The monoisotopic (exact) mass is 371 g/mol. The average Bonchev–Trinajstić information content (AvgIpc) is 2.65. The lowest BCUT2D eigenvalue weighted by Crippen LogP contribution is -2.46. The number of carbonyl (C=O) groups excluding carboxylic acids is 1. The standard InChI is InChI=1S/C21H26ClN3O/c1-17-6-2-3-7-18(17)16-25-14-12-24(13-15-25)11-10-21(26)23-20-9-5-4-8-19(20)22/h2-9H,10-16H2,1H3,(H,23,26). The number of benzene rings is 2. The molecular weight excluding hydrogens is 346 g/mol. The van der Waals surface area contributed by atoms with Crippen molar-refractivity contribution in [1.29, 1.82) is 0 Å². The summed E-state index contributed by atoms with van der Waals surface area (Å²) in [7, 11) is 0. The van der Waals surface area contributed by atoms with Gasteiger partial charge in [-0.15, -0.1) is 0 Å². The first-order chi connectivity index (χ1) is 12.6. The van der Waals surface area contributed by atoms with Crippen LogP contribution in [0.5, 0.6) is 0 Å². The van der Waals surface area contributed by atoms with E-state index >= 15 is 0 Å². The number of amides is 1. The van der Waals surface area contributed by atoms with E-state index in [2.05, 4.69) is 46.3 Å². The Morgan fingerprint density at radius 3 is 2.38 bits per heavy atom. The normalized spacial score (nSPS) is 15.8. The molecular formula is C21H26ClN3O. The Labute approximate surface area is 160 Å². The molecule has 0 spiro atoms. The molecule has 5 heteroatoms. The summed E-state index contributed by atoms with van der Waals surface area (Å²) in [6.07, 6.45) is 0.489. The maximum atomic E-state index is 12.1. The summed E-state index contributed by atoms with van der Waals surface area (Å²) in [5, 5.41) is 3.46. The van der Waals surface area contributed by atoms with Crippen molar-refractivity contribution >= 4 is 23.2 Å². The van der Waals surface area contributed by atoms with Crippen LogP contribution in [-0.4, -0.2) is 48.4 Å². The van der Waals surface area contributed by atoms with Gasteiger partial charge in [0.05, 0.1) is 10.7 Å². The predicted molar refractivity (Wildman–Crippen MR) is 108 cm³/mol. The third-order valence-electron chi connectivity index (χ3n) is 4.92. The number of aryl methyl sites for hydroxylation is 1. The van der Waals surface area contributed by atoms with Gasteiger partial charge in [0.2, 0.25) is 5.91 Å². The fraction of sp³-hybridized carbons (Fsp3) is 0.381. The minimum atomic E-state index is 0.0143. The number of carbonyl (C=O) groups is 1. The third kappa shape index (κ3) is 5.31. The lowest BCUT2D eigenvalue weighted by Gasteiger charge is -2.34. The molecule has 2 aromatic rings. The average molecular weight is 372 g/mol. The SMILES string of the molecule is Cc1ccccc1CN1CCN(CCC(=O)Nc2ccccc2Cl)CC1. The molecule has 0 aliphatic carbocycles. The summed E-state index contributed by atoms with van der Waals surface area (Å²) >= 11 is 6.08. The maximum absolute atomic E-state index is 12.1. The third-order valence-corrected chi connectivity index (χ3v) is 5.25. The van der Waals surface area contributed by atoms with Gasteiger partial charge < -0.3 is 10.2 Å². The molecule has 0 saturated carbocycles. The lowest BCUT2D eigenvalue weighted by molar-refractivity contribution is -0.116. The summed E-state index contributed by atoms with van der Waals surface area (Å²) < 4.78 is 0. The zero-order chi connectivity index (χ0) is 18.4. The highest BCUT2D eigenvalue weighted by atomic mass is 35.5. The molecule has 1 heterocycles. The fourth-order valence-electron chi connectivity index (χ4n) is 3.23. The second-order valence-electron chi connectivity index (χ2n) is 6.82. The molecule has 3 rings (SSSR count). The molecule has 1 aliphatic rings. The van der Waals surface area contributed by atoms with Crippen LogP contribution in [-0.2, 0) is 11.3 Å². The molecule has 0 aromatic heterocycles. The van der Waals surface area contributed by atoms with Crippen molar-refractivity contribution in [2.75, 3.05) is 38.0 Å². The van der Waals surface area contributed by atoms with Crippen LogP contribution in [0, 0.1) is 6.92 Å². The second-order valence-corrected chi connectivity index (χ2v) is 7.23. The topological polar surface area (TPSA) is 35.6 Å². The summed E-state index contributed by atoms with van der Waals surface area (Å²) in [6, 6.07) is 15.9. The van der Waals surface area contributed by atoms with Crippen molar-refractivity contribution in [2.45, 2.75) is 19.9 Å². The molecule has 2 aromatic carbocycles. The predicted octanol–water partition coefficient (Wildman–Crippen LogP) is 3.79. The van der Waals surface area contributed by atoms with Crippen LogP contribution in [0.2, 0.25) is 5.02 Å². The molecule has 4 nitrogen and oxygen atoms in total. The van der Waals surface area contributed by atoms with Gasteiger partial charge in [-0.05, 0) is 30.2 Å². The molecule has 0 atom stereocenters. The number of rotatable bonds is 6. The Kier molecular flexibility index (Phi) is 6.67. The number of para-hydroxylation sites is 1. The molecule has 1 saturated heterocycles. The highest BCUT2D eigenvalue weighted by molar-refractivity contribution is 6.33. The Bertz CT molecular complexity index is 742. The molecule has 0 bridgehead atoms. The van der Waals surface area contributed by atoms with E-state index in [1.54, 1.807) is 6.07 Å². The van der Waals surface area contributed by atoms with Crippen LogP contribution in [0.15, 0.2) is 48.5 Å². The lowest BCUT2D eigenvalue weighted by atomic mass is 10.1. The van der Waals surface area contributed by atoms with Crippen LogP contribution < -0.4 is 5.32 Å². The highest BCUT2D eigenvalue weighted by Gasteiger charge is 2.18. The van der Waals surface area contributed by atoms with Crippen molar-refractivity contribution in [3.05, 3.63) is 64.7 Å². The van der Waals surface area contributed by atoms with Crippen molar-refractivity contribution in [1.82, 2.24) is 9.80 Å². The van der Waals surface area contributed by atoms with E-state index in [-0.39, 0.29) is 5.91 Å². The first-order valence-electron chi connectivity index (χ1n) is 9.15. The van der Waals surface area contributed by atoms with Gasteiger partial charge in [-0.1, -0.05) is 48.0 Å². The summed E-state index contributed by atoms with van der Waals surface area (Å²) in [4.78, 5) is 17.0. The van der Waals surface area contributed by atoms with Crippen LogP contribution >= 0.6 is 11.6 Å². The highest BCUT2D eigenvalue weighted by Crippen LogP contribution is 2.20. The molecule has 0 unspecified atom stereocenters. The minimum Gasteiger partial charge on any atom is -0.325 e. The van der Waals surface area contributed by atoms with E-state index in [9.17, 15) is 4.79 Å². The fourth-order valence-corrected chi connectivity index (χ4v) is 3.42. The summed E-state index contributed by atoms with van der Waals surface area (Å²) in [6.45, 7) is 8.06. The van der Waals surface area contributed by atoms with E-state index < -0.39 is 0 Å². The number of nitrogens with zero attached hydrogens (tertiary/aromatic N) is 2. The minimum absolute atomic E-state index is 0.0143. The molecule has 1 fully saturated rings. The summed E-state index contributed by atoms with van der Waals surface area (Å²) in [5.41, 5.74) is 3.44. The smallest absolute Gasteiger partial charge is 0.225 e. The van der Waals surface area contributed by atoms with Gasteiger partial charge in [0.15, 0.2) is 0 Å². The van der Waals surface area contributed by atoms with Gasteiger partial charge >= 0.3 is 0 Å². The number of halogens is 1. The van der Waals surface area contributed by atoms with Crippen LogP contribution in [0.4, 0.5) is 5.69 Å². The van der Waals surface area contributed by atoms with Gasteiger partial charge in [0.25, 0.3) is 0 Å². The number of anilines is 1. The van der Waals surface area contributed by atoms with E-state index in [1.165, 1.54) is 11.1 Å². The Hall–Kier alpha value is -1.88. The van der Waals surface area contributed by atoms with Crippen molar-refractivity contribution in [3.8, 4) is 0 Å². The van der Waals surface area contributed by atoms with E-state index in [0.29, 0.717) is 17.1 Å². The van der Waals surface area contributed by atoms with Crippen LogP contribution in [0.25, 0.3) is 0 Å². The zero-order valence-corrected chi connectivity index (χ0v) is 16.0. The molecule has 1 aliphatic heterocycles. The van der Waals surface area contributed by atoms with E-state index in [0.717, 1.165) is 39.3 Å². The van der Waals surface area contributed by atoms with Crippen LogP contribution in [0.3, 0.4) is 0 Å². The molecule has 138 valence electrons. The number of hydrogen-bond donors (Lipinski definition) is 1. The van der Waals surface area contributed by atoms with E-state index in [1.807, 2.05) is 18.2 Å². The molecule has 1 amide bonds. The van der Waals surface area contributed by atoms with Gasteiger partial charge in [-0.2, -0.15) is 0 Å². The van der Waals surface area contributed by atoms with E-state index in [4.69, 9.17) is 11.6 Å². The molecule has 0 radical (unpaired) electrons. The summed E-state index contributed by atoms with van der Waals surface area (Å²) in [5.74, 6) is 0.0143. The van der Waals surface area contributed by atoms with Crippen molar-refractivity contribution in [3.63, 3.8) is 0 Å². The van der Waals surface area contributed by atoms with Crippen molar-refractivity contribution in [2.24, 2.45) is 0 Å². The quantitative estimate of drug-likeness (QED) is 0.839. The zero-order valence-electron chi connectivity index (χ0n) is 15.2. The van der Waals surface area contributed by atoms with Crippen LogP contribution in [0.1, 0.15) is 17.5 Å². The van der Waals surface area contributed by atoms with Gasteiger partial charge in [0.1, 0.15) is 0 Å². The van der Waals surface area contributed by atoms with Gasteiger partial charge in [-0.3, -0.25) is 9.69 Å². The Morgan fingerprint density at radius 1 is 1.00 bits per heavy atom. The Morgan fingerprint density at radius 2 is 1.65 bits per heavy atom. The van der Waals surface area contributed by atoms with Gasteiger partial charge in [-0.25, -0.2) is 0 Å². The first kappa shape index (κ1) is 18.9. The second kappa shape index (κ2) is 9.17. The van der Waals surface area contributed by atoms with Crippen molar-refractivity contribution < 1.29 is 4.79 Å². The molecule has 1 N–H and O–H groups in total. The number of nitrogens with one attached hydrogen (secondary N) is 1. The first-order valence-corrected chi connectivity index (χ1v) is 9.53.